The third-order valence-corrected chi connectivity index (χ3v) is 3.33. The van der Waals surface area contributed by atoms with E-state index in [1.54, 1.807) is 24.3 Å². The fraction of sp³-hybridized carbons (Fsp3) is 0. The molecule has 0 aliphatic rings. The molecule has 3 aromatic rings. The van der Waals surface area contributed by atoms with E-state index in [4.69, 9.17) is 16.3 Å². The Kier molecular flexibility index (Phi) is 3.73. The van der Waals surface area contributed by atoms with Gasteiger partial charge in [0, 0.05) is 4.47 Å². The molecular weight excluding hydrogens is 366 g/mol. The first-order chi connectivity index (χ1) is 10.0. The molecule has 0 aliphatic heterocycles. The zero-order valence-corrected chi connectivity index (χ0v) is 12.6. The van der Waals surface area contributed by atoms with Crippen molar-refractivity contribution in [1.82, 2.24) is 9.97 Å². The average Bonchev–Trinajstić information content (AvgIpc) is 2.44. The molecule has 0 atom stereocenters. The standard InChI is InChI=1S/C14H6BrClF2N2O/c15-7-5-9(17)12(18)11(6-7)21-13-8-3-1-2-4-10(8)19-14(16)20-13/h1-6H. The Morgan fingerprint density at radius 2 is 1.86 bits per heavy atom. The molecule has 21 heavy (non-hydrogen) atoms. The number of hydrogen-bond acceptors (Lipinski definition) is 3. The van der Waals surface area contributed by atoms with E-state index in [-0.39, 0.29) is 16.9 Å². The average molecular weight is 372 g/mol. The van der Waals surface area contributed by atoms with Gasteiger partial charge >= 0.3 is 0 Å². The number of aromatic nitrogens is 2. The number of benzene rings is 2. The van der Waals surface area contributed by atoms with Crippen LogP contribution in [0.4, 0.5) is 8.78 Å². The molecule has 0 saturated carbocycles. The third-order valence-electron chi connectivity index (χ3n) is 2.71. The molecule has 0 spiro atoms. The van der Waals surface area contributed by atoms with Crippen LogP contribution in [0.2, 0.25) is 5.28 Å². The van der Waals surface area contributed by atoms with Crippen molar-refractivity contribution in [3.8, 4) is 11.6 Å². The number of halogens is 4. The molecule has 3 rings (SSSR count). The predicted octanol–water partition coefficient (Wildman–Crippen LogP) is 5.12. The SMILES string of the molecule is Fc1cc(Br)cc(Oc2nc(Cl)nc3ccccc23)c1F. The quantitative estimate of drug-likeness (QED) is 0.463. The summed E-state index contributed by atoms with van der Waals surface area (Å²) < 4.78 is 32.9. The summed E-state index contributed by atoms with van der Waals surface area (Å²) >= 11 is 8.89. The summed E-state index contributed by atoms with van der Waals surface area (Å²) in [4.78, 5) is 7.96. The lowest BCUT2D eigenvalue weighted by molar-refractivity contribution is 0.408. The maximum atomic E-state index is 13.8. The summed E-state index contributed by atoms with van der Waals surface area (Å²) in [6.07, 6.45) is 0. The van der Waals surface area contributed by atoms with E-state index in [1.165, 1.54) is 6.07 Å². The molecule has 0 N–H and O–H groups in total. The molecule has 0 radical (unpaired) electrons. The van der Waals surface area contributed by atoms with E-state index in [0.29, 0.717) is 15.4 Å². The summed E-state index contributed by atoms with van der Waals surface area (Å²) in [7, 11) is 0. The van der Waals surface area contributed by atoms with Crippen LogP contribution in [0.1, 0.15) is 0 Å². The van der Waals surface area contributed by atoms with Crippen molar-refractivity contribution in [2.75, 3.05) is 0 Å². The molecule has 2 aromatic carbocycles. The van der Waals surface area contributed by atoms with Crippen molar-refractivity contribution in [2.24, 2.45) is 0 Å². The normalized spacial score (nSPS) is 10.9. The highest BCUT2D eigenvalue weighted by atomic mass is 79.9. The van der Waals surface area contributed by atoms with Crippen LogP contribution >= 0.6 is 27.5 Å². The van der Waals surface area contributed by atoms with Gasteiger partial charge in [-0.05, 0) is 35.9 Å². The molecule has 7 heteroatoms. The second-order valence-corrected chi connectivity index (χ2v) is 5.37. The van der Waals surface area contributed by atoms with Crippen LogP contribution in [0.3, 0.4) is 0 Å². The summed E-state index contributed by atoms with van der Waals surface area (Å²) in [5.74, 6) is -2.36. The molecule has 3 nitrogen and oxygen atoms in total. The van der Waals surface area contributed by atoms with E-state index in [1.807, 2.05) is 0 Å². The number of rotatable bonds is 2. The third kappa shape index (κ3) is 2.82. The number of nitrogens with zero attached hydrogens (tertiary/aromatic N) is 2. The van der Waals surface area contributed by atoms with Gasteiger partial charge in [-0.25, -0.2) is 9.37 Å². The lowest BCUT2D eigenvalue weighted by Crippen LogP contribution is -1.96. The smallest absolute Gasteiger partial charge is 0.231 e. The van der Waals surface area contributed by atoms with Gasteiger partial charge in [0.2, 0.25) is 17.0 Å². The monoisotopic (exact) mass is 370 g/mol. The van der Waals surface area contributed by atoms with Crippen molar-refractivity contribution in [2.45, 2.75) is 0 Å². The largest absolute Gasteiger partial charge is 0.435 e. The Hall–Kier alpha value is -1.79. The van der Waals surface area contributed by atoms with Gasteiger partial charge in [-0.15, -0.1) is 0 Å². The van der Waals surface area contributed by atoms with Gasteiger partial charge in [0.1, 0.15) is 0 Å². The van der Waals surface area contributed by atoms with Crippen LogP contribution in [0.15, 0.2) is 40.9 Å². The van der Waals surface area contributed by atoms with Crippen LogP contribution in [0.5, 0.6) is 11.6 Å². The van der Waals surface area contributed by atoms with Crippen molar-refractivity contribution in [3.63, 3.8) is 0 Å². The van der Waals surface area contributed by atoms with E-state index in [2.05, 4.69) is 25.9 Å². The van der Waals surface area contributed by atoms with Crippen molar-refractivity contribution in [1.29, 1.82) is 0 Å². The molecule has 0 bridgehead atoms. The molecule has 0 unspecified atom stereocenters. The second-order valence-electron chi connectivity index (χ2n) is 4.12. The first kappa shape index (κ1) is 14.2. The molecule has 0 fully saturated rings. The zero-order valence-electron chi connectivity index (χ0n) is 10.3. The van der Waals surface area contributed by atoms with Crippen LogP contribution in [0.25, 0.3) is 10.9 Å². The van der Waals surface area contributed by atoms with Crippen LogP contribution in [-0.2, 0) is 0 Å². The zero-order chi connectivity index (χ0) is 15.0. The maximum absolute atomic E-state index is 13.8. The Bertz CT molecular complexity index is 845. The predicted molar refractivity (Wildman–Crippen MR) is 78.7 cm³/mol. The van der Waals surface area contributed by atoms with Gasteiger partial charge in [-0.1, -0.05) is 28.1 Å². The number of fused-ring (bicyclic) bond motifs is 1. The van der Waals surface area contributed by atoms with E-state index < -0.39 is 11.6 Å². The summed E-state index contributed by atoms with van der Waals surface area (Å²) in [6, 6.07) is 9.26. The highest BCUT2D eigenvalue weighted by molar-refractivity contribution is 9.10. The van der Waals surface area contributed by atoms with Crippen LogP contribution in [-0.4, -0.2) is 9.97 Å². The van der Waals surface area contributed by atoms with E-state index >= 15 is 0 Å². The van der Waals surface area contributed by atoms with Crippen molar-refractivity contribution >= 4 is 38.4 Å². The summed E-state index contributed by atoms with van der Waals surface area (Å²) in [6.45, 7) is 0. The van der Waals surface area contributed by atoms with Crippen LogP contribution < -0.4 is 4.74 Å². The molecule has 106 valence electrons. The maximum Gasteiger partial charge on any atom is 0.231 e. The number of hydrogen-bond donors (Lipinski definition) is 0. The van der Waals surface area contributed by atoms with Gasteiger partial charge in [0.05, 0.1) is 10.9 Å². The minimum Gasteiger partial charge on any atom is -0.435 e. The molecular formula is C14H6BrClF2N2O. The van der Waals surface area contributed by atoms with Crippen molar-refractivity contribution < 1.29 is 13.5 Å². The highest BCUT2D eigenvalue weighted by Gasteiger charge is 2.15. The highest BCUT2D eigenvalue weighted by Crippen LogP contribution is 2.32. The number of para-hydroxylation sites is 1. The second kappa shape index (κ2) is 5.54. The lowest BCUT2D eigenvalue weighted by Gasteiger charge is -2.09. The van der Waals surface area contributed by atoms with Gasteiger partial charge in [0.15, 0.2) is 11.6 Å². The Morgan fingerprint density at radius 3 is 2.67 bits per heavy atom. The molecule has 0 amide bonds. The topological polar surface area (TPSA) is 35.0 Å². The Balaban J connectivity index is 2.14. The van der Waals surface area contributed by atoms with Gasteiger partial charge in [-0.3, -0.25) is 0 Å². The first-order valence-electron chi connectivity index (χ1n) is 5.79. The van der Waals surface area contributed by atoms with Gasteiger partial charge in [0.25, 0.3) is 0 Å². The minimum atomic E-state index is -1.10. The Morgan fingerprint density at radius 1 is 1.10 bits per heavy atom. The van der Waals surface area contributed by atoms with E-state index in [9.17, 15) is 8.78 Å². The summed E-state index contributed by atoms with van der Waals surface area (Å²) in [5.41, 5.74) is 0.545. The molecule has 1 aromatic heterocycles. The fourth-order valence-corrected chi connectivity index (χ4v) is 2.39. The molecule has 0 aliphatic carbocycles. The number of ether oxygens (including phenoxy) is 1. The van der Waals surface area contributed by atoms with Crippen molar-refractivity contribution in [3.05, 3.63) is 57.8 Å². The minimum absolute atomic E-state index is 0.0421. The van der Waals surface area contributed by atoms with E-state index in [0.717, 1.165) is 6.07 Å². The Labute approximate surface area is 131 Å². The summed E-state index contributed by atoms with van der Waals surface area (Å²) in [5, 5.41) is 0.501. The fourth-order valence-electron chi connectivity index (χ4n) is 1.81. The lowest BCUT2D eigenvalue weighted by atomic mass is 10.2. The molecule has 0 saturated heterocycles. The van der Waals surface area contributed by atoms with Gasteiger partial charge < -0.3 is 4.74 Å². The first-order valence-corrected chi connectivity index (χ1v) is 6.96. The van der Waals surface area contributed by atoms with Gasteiger partial charge in [-0.2, -0.15) is 9.37 Å². The molecule has 1 heterocycles. The van der Waals surface area contributed by atoms with Crippen LogP contribution in [0, 0.1) is 11.6 Å².